The zero-order valence-electron chi connectivity index (χ0n) is 17.6. The molecule has 0 aromatic carbocycles. The van der Waals surface area contributed by atoms with Gasteiger partial charge >= 0.3 is 0 Å². The van der Waals surface area contributed by atoms with Crippen LogP contribution < -0.4 is 0 Å². The molecule has 0 radical (unpaired) electrons. The zero-order valence-corrected chi connectivity index (χ0v) is 17.6. The molecule has 0 amide bonds. The Kier molecular flexibility index (Phi) is 4.31. The van der Waals surface area contributed by atoms with Crippen molar-refractivity contribution in [3.8, 4) is 0 Å². The number of ketones is 1. The van der Waals surface area contributed by atoms with Crippen LogP contribution in [-0.4, -0.2) is 5.78 Å². The number of fused-ring (bicyclic) bond motifs is 6. The average Bonchev–Trinajstić information content (AvgIpc) is 3.05. The van der Waals surface area contributed by atoms with Crippen LogP contribution in [0.4, 0.5) is 0 Å². The lowest BCUT2D eigenvalue weighted by Gasteiger charge is -2.42. The van der Waals surface area contributed by atoms with Gasteiger partial charge in [-0.05, 0) is 46.8 Å². The molecule has 0 bridgehead atoms. The van der Waals surface area contributed by atoms with Crippen molar-refractivity contribution in [2.75, 3.05) is 0 Å². The standard InChI is InChI=1S/C30H26O/c31-23-19-22-10-2-4-12-25(22)28-15-7-8-18-30(28,20-23)29-17-16-21-9-1-3-11-24(21)26-13-5-6-14-27(26)29/h1-9,11-13,15-19,21,24,28H,10,14,20H2. The lowest BCUT2D eigenvalue weighted by atomic mass is 9.60. The normalized spacial score (nSPS) is 34.8. The molecule has 4 atom stereocenters. The maximum Gasteiger partial charge on any atom is 0.157 e. The maximum atomic E-state index is 13.3. The van der Waals surface area contributed by atoms with Gasteiger partial charge in [-0.15, -0.1) is 0 Å². The van der Waals surface area contributed by atoms with E-state index >= 15 is 0 Å². The van der Waals surface area contributed by atoms with Gasteiger partial charge in [0.25, 0.3) is 0 Å². The molecular formula is C30H26O. The third kappa shape index (κ3) is 2.87. The molecule has 0 fully saturated rings. The monoisotopic (exact) mass is 402 g/mol. The van der Waals surface area contributed by atoms with Crippen LogP contribution >= 0.6 is 0 Å². The summed E-state index contributed by atoms with van der Waals surface area (Å²) in [4.78, 5) is 13.3. The van der Waals surface area contributed by atoms with E-state index in [1.165, 1.54) is 27.9 Å². The van der Waals surface area contributed by atoms with Gasteiger partial charge in [-0.3, -0.25) is 4.79 Å². The molecular weight excluding hydrogens is 376 g/mol. The zero-order chi connectivity index (χ0) is 20.8. The van der Waals surface area contributed by atoms with Gasteiger partial charge < -0.3 is 0 Å². The maximum absolute atomic E-state index is 13.3. The molecule has 0 saturated carbocycles. The predicted octanol–water partition coefficient (Wildman–Crippen LogP) is 6.61. The van der Waals surface area contributed by atoms with Crippen LogP contribution in [0.3, 0.4) is 0 Å². The quantitative estimate of drug-likeness (QED) is 0.482. The predicted molar refractivity (Wildman–Crippen MR) is 127 cm³/mol. The van der Waals surface area contributed by atoms with E-state index < -0.39 is 0 Å². The highest BCUT2D eigenvalue weighted by Crippen LogP contribution is 2.55. The van der Waals surface area contributed by atoms with E-state index in [0.29, 0.717) is 18.3 Å². The smallest absolute Gasteiger partial charge is 0.157 e. The Morgan fingerprint density at radius 2 is 1.61 bits per heavy atom. The van der Waals surface area contributed by atoms with Crippen LogP contribution in [0.15, 0.2) is 131 Å². The second-order valence-corrected chi connectivity index (χ2v) is 9.21. The third-order valence-electron chi connectivity index (χ3n) is 7.55. The van der Waals surface area contributed by atoms with Crippen molar-refractivity contribution in [1.82, 2.24) is 0 Å². The van der Waals surface area contributed by atoms with Gasteiger partial charge in [0.15, 0.2) is 5.78 Å². The van der Waals surface area contributed by atoms with E-state index in [1.54, 1.807) is 0 Å². The average molecular weight is 403 g/mol. The van der Waals surface area contributed by atoms with E-state index in [-0.39, 0.29) is 17.1 Å². The lowest BCUT2D eigenvalue weighted by molar-refractivity contribution is -0.116. The van der Waals surface area contributed by atoms with Crippen LogP contribution in [0.2, 0.25) is 0 Å². The highest BCUT2D eigenvalue weighted by Gasteiger charge is 2.46. The van der Waals surface area contributed by atoms with Gasteiger partial charge in [-0.2, -0.15) is 0 Å². The number of rotatable bonds is 1. The topological polar surface area (TPSA) is 17.1 Å². The summed E-state index contributed by atoms with van der Waals surface area (Å²) in [6.45, 7) is 0. The number of hydrogen-bond donors (Lipinski definition) is 0. The van der Waals surface area contributed by atoms with E-state index in [2.05, 4.69) is 97.2 Å². The summed E-state index contributed by atoms with van der Waals surface area (Å²) in [5.41, 5.74) is 6.27. The van der Waals surface area contributed by atoms with Crippen LogP contribution in [0.1, 0.15) is 19.3 Å². The number of carbonyl (C=O) groups is 1. The SMILES string of the molecule is O=C1C=C2CC=CC=C2C2C=CC=CC2(C2=C3CC=CC=C3C3C=CC=CC3C=C2)C1. The summed E-state index contributed by atoms with van der Waals surface area (Å²) in [6, 6.07) is 0. The molecule has 0 aliphatic heterocycles. The minimum atomic E-state index is -0.349. The first-order valence-corrected chi connectivity index (χ1v) is 11.4. The van der Waals surface area contributed by atoms with Crippen molar-refractivity contribution in [3.05, 3.63) is 131 Å². The molecule has 0 heterocycles. The van der Waals surface area contributed by atoms with E-state index in [0.717, 1.165) is 12.8 Å². The fourth-order valence-corrected chi connectivity index (χ4v) is 6.17. The van der Waals surface area contributed by atoms with E-state index in [4.69, 9.17) is 0 Å². The minimum absolute atomic E-state index is 0.172. The molecule has 0 aromatic heterocycles. The first-order chi connectivity index (χ1) is 15.3. The fraction of sp³-hybridized carbons (Fsp3) is 0.233. The number of allylic oxidation sites excluding steroid dienone is 22. The summed E-state index contributed by atoms with van der Waals surface area (Å²) in [5.74, 6) is 1.13. The molecule has 0 aromatic rings. The van der Waals surface area contributed by atoms with Crippen LogP contribution in [-0.2, 0) is 4.79 Å². The van der Waals surface area contributed by atoms with Gasteiger partial charge in [-0.1, -0.05) is 97.2 Å². The van der Waals surface area contributed by atoms with Crippen molar-refractivity contribution >= 4 is 5.78 Å². The Hall–Kier alpha value is -3.19. The molecule has 1 nitrogen and oxygen atoms in total. The van der Waals surface area contributed by atoms with Crippen molar-refractivity contribution < 1.29 is 4.79 Å². The van der Waals surface area contributed by atoms with Gasteiger partial charge in [0.2, 0.25) is 0 Å². The van der Waals surface area contributed by atoms with Gasteiger partial charge in [-0.25, -0.2) is 0 Å². The highest BCUT2D eigenvalue weighted by atomic mass is 16.1. The van der Waals surface area contributed by atoms with Crippen molar-refractivity contribution in [1.29, 1.82) is 0 Å². The van der Waals surface area contributed by atoms with E-state index in [1.807, 2.05) is 6.08 Å². The van der Waals surface area contributed by atoms with Gasteiger partial charge in [0.05, 0.1) is 0 Å². The lowest BCUT2D eigenvalue weighted by Crippen LogP contribution is -2.34. The molecule has 31 heavy (non-hydrogen) atoms. The molecule has 0 N–H and O–H groups in total. The molecule has 152 valence electrons. The molecule has 0 spiro atoms. The van der Waals surface area contributed by atoms with Gasteiger partial charge in [0, 0.05) is 29.6 Å². The van der Waals surface area contributed by atoms with Crippen molar-refractivity contribution in [2.45, 2.75) is 19.3 Å². The van der Waals surface area contributed by atoms with E-state index in [9.17, 15) is 4.79 Å². The molecule has 6 aliphatic rings. The molecule has 6 rings (SSSR count). The first kappa shape index (κ1) is 18.6. The number of carbonyl (C=O) groups excluding carboxylic acids is 1. The first-order valence-electron chi connectivity index (χ1n) is 11.4. The summed E-state index contributed by atoms with van der Waals surface area (Å²) >= 11 is 0. The number of hydrogen-bond acceptors (Lipinski definition) is 1. The largest absolute Gasteiger partial charge is 0.295 e. The molecule has 1 heteroatoms. The minimum Gasteiger partial charge on any atom is -0.295 e. The Morgan fingerprint density at radius 1 is 0.806 bits per heavy atom. The Balaban J connectivity index is 1.59. The van der Waals surface area contributed by atoms with Crippen molar-refractivity contribution in [2.24, 2.45) is 23.2 Å². The molecule has 0 saturated heterocycles. The summed E-state index contributed by atoms with van der Waals surface area (Å²) in [5, 5.41) is 0. The summed E-state index contributed by atoms with van der Waals surface area (Å²) < 4.78 is 0. The summed E-state index contributed by atoms with van der Waals surface area (Å²) in [7, 11) is 0. The fourth-order valence-electron chi connectivity index (χ4n) is 6.17. The molecule has 4 unspecified atom stereocenters. The highest BCUT2D eigenvalue weighted by molar-refractivity contribution is 5.93. The third-order valence-corrected chi connectivity index (χ3v) is 7.55. The van der Waals surface area contributed by atoms with Gasteiger partial charge in [0.1, 0.15) is 0 Å². The Morgan fingerprint density at radius 3 is 2.55 bits per heavy atom. The van der Waals surface area contributed by atoms with Crippen molar-refractivity contribution in [3.63, 3.8) is 0 Å². The van der Waals surface area contributed by atoms with Crippen LogP contribution in [0.25, 0.3) is 0 Å². The van der Waals surface area contributed by atoms with Crippen LogP contribution in [0.5, 0.6) is 0 Å². The summed E-state index contributed by atoms with van der Waals surface area (Å²) in [6.07, 6.45) is 40.1. The second-order valence-electron chi connectivity index (χ2n) is 9.21. The van der Waals surface area contributed by atoms with Crippen LogP contribution in [0, 0.1) is 23.2 Å². The Bertz CT molecular complexity index is 1180. The molecule has 6 aliphatic carbocycles. The Labute approximate surface area is 184 Å². The second kappa shape index (κ2) is 7.20.